The van der Waals surface area contributed by atoms with Gasteiger partial charge in [-0.1, -0.05) is 52.6 Å². The minimum atomic E-state index is 0.391. The van der Waals surface area contributed by atoms with E-state index in [1.54, 1.807) is 25.3 Å². The number of para-hydroxylation sites is 1. The van der Waals surface area contributed by atoms with Gasteiger partial charge >= 0.3 is 0 Å². The van der Waals surface area contributed by atoms with Gasteiger partial charge in [0.25, 0.3) is 0 Å². The van der Waals surface area contributed by atoms with E-state index in [0.717, 1.165) is 11.3 Å². The van der Waals surface area contributed by atoms with E-state index < -0.39 is 0 Å². The molecule has 3 aromatic rings. The molecule has 0 saturated carbocycles. The highest BCUT2D eigenvalue weighted by atomic mass is 35.5. The molecule has 3 rings (SSSR count). The Balaban J connectivity index is 1.86. The SMILES string of the molecule is COc1ccccc1CNc1nnnn1-c1cccc(Cl)c1Cl. The number of aromatic nitrogens is 4. The van der Waals surface area contributed by atoms with E-state index in [1.807, 2.05) is 24.3 Å². The predicted octanol–water partition coefficient (Wildman–Crippen LogP) is 3.59. The smallest absolute Gasteiger partial charge is 0.248 e. The monoisotopic (exact) mass is 349 g/mol. The lowest BCUT2D eigenvalue weighted by Crippen LogP contribution is -2.08. The minimum Gasteiger partial charge on any atom is -0.496 e. The molecule has 2 aromatic carbocycles. The first kappa shape index (κ1) is 15.6. The first-order valence-corrected chi connectivity index (χ1v) is 7.55. The van der Waals surface area contributed by atoms with Gasteiger partial charge in [0.15, 0.2) is 0 Å². The van der Waals surface area contributed by atoms with Gasteiger partial charge in [-0.3, -0.25) is 0 Å². The molecule has 0 aliphatic heterocycles. The second-order valence-corrected chi connectivity index (χ2v) is 5.44. The molecular formula is C15H13Cl2N5O. The van der Waals surface area contributed by atoms with Crippen molar-refractivity contribution in [1.29, 1.82) is 0 Å². The van der Waals surface area contributed by atoms with Crippen LogP contribution in [0, 0.1) is 0 Å². The third kappa shape index (κ3) is 3.23. The van der Waals surface area contributed by atoms with Gasteiger partial charge in [0.2, 0.25) is 5.95 Å². The molecule has 118 valence electrons. The molecule has 0 aliphatic carbocycles. The van der Waals surface area contributed by atoms with E-state index >= 15 is 0 Å². The molecule has 1 aromatic heterocycles. The highest BCUT2D eigenvalue weighted by molar-refractivity contribution is 6.43. The van der Waals surface area contributed by atoms with Crippen LogP contribution in [-0.4, -0.2) is 27.3 Å². The van der Waals surface area contributed by atoms with Crippen molar-refractivity contribution in [3.05, 3.63) is 58.1 Å². The summed E-state index contributed by atoms with van der Waals surface area (Å²) in [7, 11) is 1.63. The van der Waals surface area contributed by atoms with Crippen LogP contribution in [0.25, 0.3) is 5.69 Å². The lowest BCUT2D eigenvalue weighted by atomic mass is 10.2. The zero-order valence-corrected chi connectivity index (χ0v) is 13.7. The Morgan fingerprint density at radius 2 is 1.96 bits per heavy atom. The maximum Gasteiger partial charge on any atom is 0.248 e. The molecule has 23 heavy (non-hydrogen) atoms. The van der Waals surface area contributed by atoms with Crippen LogP contribution in [0.4, 0.5) is 5.95 Å². The minimum absolute atomic E-state index is 0.391. The largest absolute Gasteiger partial charge is 0.496 e. The van der Waals surface area contributed by atoms with Crippen molar-refractivity contribution in [1.82, 2.24) is 20.2 Å². The molecule has 0 unspecified atom stereocenters. The Hall–Kier alpha value is -2.31. The second-order valence-electron chi connectivity index (χ2n) is 4.65. The van der Waals surface area contributed by atoms with Gasteiger partial charge in [-0.05, 0) is 28.6 Å². The first-order valence-electron chi connectivity index (χ1n) is 6.79. The zero-order chi connectivity index (χ0) is 16.2. The van der Waals surface area contributed by atoms with E-state index in [2.05, 4.69) is 20.8 Å². The number of nitrogens with one attached hydrogen (secondary N) is 1. The highest BCUT2D eigenvalue weighted by Crippen LogP contribution is 2.29. The topological polar surface area (TPSA) is 64.9 Å². The van der Waals surface area contributed by atoms with Gasteiger partial charge in [-0.25, -0.2) is 0 Å². The number of hydrogen-bond donors (Lipinski definition) is 1. The molecule has 0 saturated heterocycles. The van der Waals surface area contributed by atoms with Crippen LogP contribution in [0.5, 0.6) is 5.75 Å². The number of anilines is 1. The molecule has 0 radical (unpaired) electrons. The van der Waals surface area contributed by atoms with Crippen LogP contribution in [-0.2, 0) is 6.54 Å². The van der Waals surface area contributed by atoms with Crippen LogP contribution in [0.3, 0.4) is 0 Å². The summed E-state index contributed by atoms with van der Waals surface area (Å²) in [5.74, 6) is 1.25. The van der Waals surface area contributed by atoms with E-state index in [-0.39, 0.29) is 0 Å². The summed E-state index contributed by atoms with van der Waals surface area (Å²) in [5, 5.41) is 15.6. The molecule has 1 heterocycles. The van der Waals surface area contributed by atoms with E-state index in [9.17, 15) is 0 Å². The van der Waals surface area contributed by atoms with Crippen LogP contribution in [0.2, 0.25) is 10.0 Å². The van der Waals surface area contributed by atoms with Crippen molar-refractivity contribution in [3.63, 3.8) is 0 Å². The van der Waals surface area contributed by atoms with E-state index in [4.69, 9.17) is 27.9 Å². The Labute approximate surface area is 143 Å². The predicted molar refractivity (Wildman–Crippen MR) is 89.5 cm³/mol. The number of nitrogens with zero attached hydrogens (tertiary/aromatic N) is 4. The first-order chi connectivity index (χ1) is 11.2. The van der Waals surface area contributed by atoms with Gasteiger partial charge < -0.3 is 10.1 Å². The second kappa shape index (κ2) is 6.85. The third-order valence-corrected chi connectivity index (χ3v) is 4.07. The van der Waals surface area contributed by atoms with Gasteiger partial charge in [0.05, 0.1) is 22.8 Å². The maximum absolute atomic E-state index is 6.23. The molecule has 1 N–H and O–H groups in total. The summed E-state index contributed by atoms with van der Waals surface area (Å²) in [6.07, 6.45) is 0. The average Bonchev–Trinajstić information content (AvgIpc) is 3.04. The molecule has 0 aliphatic rings. The molecule has 0 atom stereocenters. The molecule has 8 heteroatoms. The number of ether oxygens (including phenoxy) is 1. The van der Waals surface area contributed by atoms with E-state index in [1.165, 1.54) is 4.68 Å². The Morgan fingerprint density at radius 3 is 2.78 bits per heavy atom. The average molecular weight is 350 g/mol. The number of halogens is 2. The van der Waals surface area contributed by atoms with Crippen LogP contribution in [0.15, 0.2) is 42.5 Å². The summed E-state index contributed by atoms with van der Waals surface area (Å²) >= 11 is 12.3. The number of tetrazole rings is 1. The molecule has 0 bridgehead atoms. The zero-order valence-electron chi connectivity index (χ0n) is 12.2. The van der Waals surface area contributed by atoms with Crippen molar-refractivity contribution < 1.29 is 4.74 Å². The standard InChI is InChI=1S/C15H13Cl2N5O/c1-23-13-8-3-2-5-10(13)9-18-15-19-20-21-22(15)12-7-4-6-11(16)14(12)17/h2-8H,9H2,1H3,(H,18,19,21). The van der Waals surface area contributed by atoms with Gasteiger partial charge in [0.1, 0.15) is 5.75 Å². The number of benzene rings is 2. The van der Waals surface area contributed by atoms with Crippen LogP contribution < -0.4 is 10.1 Å². The van der Waals surface area contributed by atoms with Crippen molar-refractivity contribution >= 4 is 29.2 Å². The van der Waals surface area contributed by atoms with Crippen LogP contribution in [0.1, 0.15) is 5.56 Å². The van der Waals surface area contributed by atoms with Crippen molar-refractivity contribution in [2.24, 2.45) is 0 Å². The van der Waals surface area contributed by atoms with E-state index in [0.29, 0.717) is 28.2 Å². The van der Waals surface area contributed by atoms with Crippen molar-refractivity contribution in [3.8, 4) is 11.4 Å². The quantitative estimate of drug-likeness (QED) is 0.762. The molecule has 6 nitrogen and oxygen atoms in total. The third-order valence-electron chi connectivity index (χ3n) is 3.26. The van der Waals surface area contributed by atoms with Gasteiger partial charge in [0, 0.05) is 12.1 Å². The molecule has 0 amide bonds. The maximum atomic E-state index is 6.23. The number of rotatable bonds is 5. The van der Waals surface area contributed by atoms with Gasteiger partial charge in [-0.15, -0.1) is 0 Å². The summed E-state index contributed by atoms with van der Waals surface area (Å²) in [6.45, 7) is 0.503. The summed E-state index contributed by atoms with van der Waals surface area (Å²) in [5.41, 5.74) is 1.59. The lowest BCUT2D eigenvalue weighted by Gasteiger charge is -2.11. The number of hydrogen-bond acceptors (Lipinski definition) is 5. The Bertz CT molecular complexity index is 821. The summed E-state index contributed by atoms with van der Waals surface area (Å²) < 4.78 is 6.83. The Morgan fingerprint density at radius 1 is 1.13 bits per heavy atom. The molecule has 0 fully saturated rings. The fourth-order valence-electron chi connectivity index (χ4n) is 2.14. The highest BCUT2D eigenvalue weighted by Gasteiger charge is 2.13. The normalized spacial score (nSPS) is 10.6. The van der Waals surface area contributed by atoms with Crippen molar-refractivity contribution in [2.45, 2.75) is 6.54 Å². The van der Waals surface area contributed by atoms with Crippen LogP contribution >= 0.6 is 23.2 Å². The Kier molecular flexibility index (Phi) is 4.64. The number of methoxy groups -OCH3 is 1. The molecule has 0 spiro atoms. The fraction of sp³-hybridized carbons (Fsp3) is 0.133. The summed E-state index contributed by atoms with van der Waals surface area (Å²) in [4.78, 5) is 0. The fourth-order valence-corrected chi connectivity index (χ4v) is 2.51. The molecular weight excluding hydrogens is 337 g/mol. The summed E-state index contributed by atoms with van der Waals surface area (Å²) in [6, 6.07) is 13.0. The van der Waals surface area contributed by atoms with Gasteiger partial charge in [-0.2, -0.15) is 4.68 Å². The van der Waals surface area contributed by atoms with Crippen molar-refractivity contribution in [2.75, 3.05) is 12.4 Å². The lowest BCUT2D eigenvalue weighted by molar-refractivity contribution is 0.410.